The molecule has 0 fully saturated rings. The van der Waals surface area contributed by atoms with Crippen LogP contribution in [-0.4, -0.2) is 14.2 Å². The quantitative estimate of drug-likeness (QED) is 0.267. The summed E-state index contributed by atoms with van der Waals surface area (Å²) in [6.07, 6.45) is 0. The molecular weight excluding hydrogens is 369 g/mol. The average molecular weight is 369 g/mol. The normalized spacial score (nSPS) is 10.1. The first-order valence-corrected chi connectivity index (χ1v) is 4.81. The fourth-order valence-corrected chi connectivity index (χ4v) is 1.50. The van der Waals surface area contributed by atoms with Gasteiger partial charge < -0.3 is 0 Å². The zero-order valence-electron chi connectivity index (χ0n) is 7.37. The van der Waals surface area contributed by atoms with Gasteiger partial charge in [0.2, 0.25) is 0 Å². The average Bonchev–Trinajstić information content (AvgIpc) is 1.82. The monoisotopic (exact) mass is 368 g/mol. The van der Waals surface area contributed by atoms with Crippen LogP contribution in [0.4, 0.5) is 0 Å². The molecule has 12 nitrogen and oxygen atoms in total. The third-order valence-corrected chi connectivity index (χ3v) is 3.67. The Balaban J connectivity index is -0.000000720. The van der Waals surface area contributed by atoms with E-state index in [-0.39, 0.29) is 103 Å². The second-order valence-electron chi connectivity index (χ2n) is 1.14. The SMILES string of the molecule is O=[N+]([O-])[Pd-2]([N+](=O)[O-])([N+](=O)[O-])[N+](=O)[O-].[K+].[K+]. The maximum Gasteiger partial charge on any atom is 1.00 e. The van der Waals surface area contributed by atoms with Crippen LogP contribution in [0, 0.1) is 40.5 Å². The standard InChI is InChI=1S/2K.4NO2.Pd/c;;4*2-1-3;/q2*+1;;;;;-2. The van der Waals surface area contributed by atoms with Gasteiger partial charge in [0.15, 0.2) is 0 Å². The second-order valence-corrected chi connectivity index (χ2v) is 5.28. The molecule has 15 heteroatoms. The Kier molecular flexibility index (Phi) is 12.5. The Hall–Kier alpha value is 1.54. The molecule has 0 saturated carbocycles. The summed E-state index contributed by atoms with van der Waals surface area (Å²) >= 11 is -6.34. The van der Waals surface area contributed by atoms with E-state index in [1.54, 1.807) is 0 Å². The summed E-state index contributed by atoms with van der Waals surface area (Å²) in [5.74, 6) is 0. The molecule has 0 amide bonds. The number of nitrogens with zero attached hydrogens (tertiary/aromatic N) is 4. The molecule has 0 N–H and O–H groups in total. The smallest absolute Gasteiger partial charge is 1.00 e. The van der Waals surface area contributed by atoms with Crippen molar-refractivity contribution in [2.75, 3.05) is 0 Å². The maximum absolute atomic E-state index is 9.89. The van der Waals surface area contributed by atoms with Crippen LogP contribution in [-0.2, 0) is 16.5 Å². The summed E-state index contributed by atoms with van der Waals surface area (Å²) in [7, 11) is 0. The number of hydrogen-bond acceptors (Lipinski definition) is 8. The fourth-order valence-electron chi connectivity index (χ4n) is 0.253. The van der Waals surface area contributed by atoms with Crippen molar-refractivity contribution in [2.45, 2.75) is 0 Å². The van der Waals surface area contributed by atoms with E-state index in [1.165, 1.54) is 0 Å². The third-order valence-electron chi connectivity index (χ3n) is 0.620. The fraction of sp³-hybridized carbons (Fsp3) is 0. The minimum Gasteiger partial charge on any atom is 1.00 e. The Bertz CT molecular complexity index is 240. The van der Waals surface area contributed by atoms with Crippen LogP contribution in [0.1, 0.15) is 0 Å². The Labute approximate surface area is 170 Å². The van der Waals surface area contributed by atoms with E-state index >= 15 is 0 Å². The van der Waals surface area contributed by atoms with Crippen molar-refractivity contribution in [1.82, 2.24) is 0 Å². The van der Waals surface area contributed by atoms with E-state index in [0.29, 0.717) is 0 Å². The molecule has 0 saturated heterocycles. The topological polar surface area (TPSA) is 173 Å². The number of hydrogen-bond donors (Lipinski definition) is 0. The van der Waals surface area contributed by atoms with Crippen molar-refractivity contribution in [3.63, 3.8) is 0 Å². The summed E-state index contributed by atoms with van der Waals surface area (Å²) in [6.45, 7) is 0. The maximum atomic E-state index is 9.89. The molecule has 0 unspecified atom stereocenters. The first-order valence-electron chi connectivity index (χ1n) is 2.03. The van der Waals surface area contributed by atoms with Crippen molar-refractivity contribution in [2.24, 2.45) is 0 Å². The molecule has 15 heavy (non-hydrogen) atoms. The van der Waals surface area contributed by atoms with Gasteiger partial charge in [-0.15, -0.1) is 0 Å². The number of nitro groups is 4. The summed E-state index contributed by atoms with van der Waals surface area (Å²) < 4.78 is -8.15. The van der Waals surface area contributed by atoms with Crippen LogP contribution in [0.3, 0.4) is 0 Å². The Morgan fingerprint density at radius 1 is 0.600 bits per heavy atom. The van der Waals surface area contributed by atoms with Crippen LogP contribution in [0.2, 0.25) is 0 Å². The van der Waals surface area contributed by atoms with Gasteiger partial charge >= 0.3 is 174 Å². The number of rotatable bonds is 4. The molecule has 0 aliphatic carbocycles. The molecule has 0 aromatic heterocycles. The van der Waals surface area contributed by atoms with Gasteiger partial charge in [-0.1, -0.05) is 0 Å². The van der Waals surface area contributed by atoms with Crippen LogP contribution in [0.15, 0.2) is 0 Å². The molecule has 0 radical (unpaired) electrons. The molecule has 0 aliphatic heterocycles. The van der Waals surface area contributed by atoms with Gasteiger partial charge in [0, 0.05) is 0 Å². The molecule has 0 aromatic rings. The molecule has 0 heterocycles. The van der Waals surface area contributed by atoms with Crippen LogP contribution in [0.25, 0.3) is 0 Å². The van der Waals surface area contributed by atoms with E-state index in [0.717, 1.165) is 0 Å². The van der Waals surface area contributed by atoms with Crippen molar-refractivity contribution < 1.29 is 134 Å². The van der Waals surface area contributed by atoms with Gasteiger partial charge in [-0.25, -0.2) is 0 Å². The van der Waals surface area contributed by atoms with Crippen LogP contribution >= 0.6 is 0 Å². The van der Waals surface area contributed by atoms with E-state index in [1.807, 2.05) is 0 Å². The molecule has 0 aliphatic rings. The minimum absolute atomic E-state index is 0. The van der Waals surface area contributed by atoms with Gasteiger partial charge in [-0.2, -0.15) is 0 Å². The third kappa shape index (κ3) is 4.36. The molecule has 0 atom stereocenters. The Morgan fingerprint density at radius 3 is 0.733 bits per heavy atom. The molecule has 0 aromatic carbocycles. The van der Waals surface area contributed by atoms with Gasteiger partial charge in [0.25, 0.3) is 0 Å². The van der Waals surface area contributed by atoms with Crippen LogP contribution in [0.5, 0.6) is 0 Å². The zero-order chi connectivity index (χ0) is 10.8. The van der Waals surface area contributed by atoms with Crippen molar-refractivity contribution in [1.29, 1.82) is 0 Å². The molecule has 0 bridgehead atoms. The van der Waals surface area contributed by atoms with E-state index < -0.39 is 30.7 Å². The predicted octanol–water partition coefficient (Wildman–Crippen LogP) is -7.08. The van der Waals surface area contributed by atoms with Crippen molar-refractivity contribution >= 4 is 0 Å². The second kappa shape index (κ2) is 8.60. The van der Waals surface area contributed by atoms with Gasteiger partial charge in [0.1, 0.15) is 0 Å². The predicted molar refractivity (Wildman–Crippen MR) is 28.0 cm³/mol. The van der Waals surface area contributed by atoms with Gasteiger partial charge in [-0.05, 0) is 0 Å². The van der Waals surface area contributed by atoms with Crippen molar-refractivity contribution in [3.8, 4) is 0 Å². The zero-order valence-corrected chi connectivity index (χ0v) is 15.2. The molecular formula is K2N4O8Pd. The minimum atomic E-state index is -6.34. The summed E-state index contributed by atoms with van der Waals surface area (Å²) in [4.78, 5) is 39.6. The largest absolute Gasteiger partial charge is 1.00 e. The first kappa shape index (κ1) is 21.8. The summed E-state index contributed by atoms with van der Waals surface area (Å²) in [5.41, 5.74) is 0. The summed E-state index contributed by atoms with van der Waals surface area (Å²) in [6, 6.07) is 0. The van der Waals surface area contributed by atoms with Crippen LogP contribution < -0.4 is 103 Å². The van der Waals surface area contributed by atoms with Gasteiger partial charge in [-0.3, -0.25) is 0 Å². The first-order chi connectivity index (χ1) is 5.77. The van der Waals surface area contributed by atoms with E-state index in [9.17, 15) is 40.5 Å². The molecule has 0 rings (SSSR count). The van der Waals surface area contributed by atoms with E-state index in [2.05, 4.69) is 0 Å². The van der Waals surface area contributed by atoms with E-state index in [4.69, 9.17) is 0 Å². The molecule has 0 spiro atoms. The molecule has 80 valence electrons. The van der Waals surface area contributed by atoms with Crippen molar-refractivity contribution in [3.05, 3.63) is 40.5 Å². The Morgan fingerprint density at radius 2 is 0.733 bits per heavy atom. The summed E-state index contributed by atoms with van der Waals surface area (Å²) in [5, 5.41) is 39.6. The van der Waals surface area contributed by atoms with Gasteiger partial charge in [0.05, 0.1) is 0 Å².